The molecule has 2 N–H and O–H groups in total. The summed E-state index contributed by atoms with van der Waals surface area (Å²) in [7, 11) is 8.57. The number of benzene rings is 4. The number of hydrogen-bond donors (Lipinski definition) is 1. The number of carbonyl (C=O) groups is 2. The molecule has 0 radical (unpaired) electrons. The minimum Gasteiger partial charge on any atom is -0.870 e. The van der Waals surface area contributed by atoms with Crippen molar-refractivity contribution < 1.29 is 63.9 Å². The normalized spacial score (nSPS) is 10.5. The number of hydrogen-bond acceptors (Lipinski definition) is 12. The molecular formula is C41H45N6NaO7. The van der Waals surface area contributed by atoms with Crippen LogP contribution in [-0.2, 0) is 4.74 Å². The molecule has 0 amide bonds. The molecule has 282 valence electrons. The van der Waals surface area contributed by atoms with Crippen LogP contribution in [0.2, 0.25) is 0 Å². The van der Waals surface area contributed by atoms with E-state index >= 15 is 0 Å². The van der Waals surface area contributed by atoms with Gasteiger partial charge >= 0.3 is 41.5 Å². The zero-order valence-corrected chi connectivity index (χ0v) is 34.9. The third-order valence-corrected chi connectivity index (χ3v) is 8.90. The van der Waals surface area contributed by atoms with E-state index < -0.39 is 11.9 Å². The van der Waals surface area contributed by atoms with Gasteiger partial charge in [0.15, 0.2) is 11.6 Å². The number of nitrogens with zero attached hydrogens (tertiary/aromatic N) is 6. The van der Waals surface area contributed by atoms with Crippen molar-refractivity contribution in [2.24, 2.45) is 0 Å². The minimum absolute atomic E-state index is 0. The topological polar surface area (TPSA) is 170 Å². The van der Waals surface area contributed by atoms with Crippen molar-refractivity contribution >= 4 is 45.6 Å². The average molecular weight is 757 g/mol. The van der Waals surface area contributed by atoms with Crippen molar-refractivity contribution in [3.05, 3.63) is 96.1 Å². The van der Waals surface area contributed by atoms with Crippen LogP contribution in [-0.4, -0.2) is 90.0 Å². The largest absolute Gasteiger partial charge is 1.00 e. The van der Waals surface area contributed by atoms with Gasteiger partial charge in [-0.2, -0.15) is 0 Å². The first-order valence-electron chi connectivity index (χ1n) is 17.0. The van der Waals surface area contributed by atoms with E-state index in [4.69, 9.17) is 34.1 Å². The van der Waals surface area contributed by atoms with E-state index in [1.54, 1.807) is 50.6 Å². The van der Waals surface area contributed by atoms with Gasteiger partial charge in [-0.3, -0.25) is 0 Å². The molecule has 2 aromatic heterocycles. The number of fused-ring (bicyclic) bond motifs is 2. The van der Waals surface area contributed by atoms with Crippen LogP contribution >= 0.6 is 0 Å². The molecule has 0 unspecified atom stereocenters. The number of carboxylic acids is 1. The Balaban J connectivity index is 0.000000285. The van der Waals surface area contributed by atoms with E-state index in [1.807, 2.05) is 67.5 Å². The van der Waals surface area contributed by atoms with Crippen LogP contribution in [0.3, 0.4) is 0 Å². The maximum Gasteiger partial charge on any atom is 1.00 e. The molecule has 4 aromatic carbocycles. The van der Waals surface area contributed by atoms with Crippen LogP contribution in [0.15, 0.2) is 84.9 Å². The summed E-state index contributed by atoms with van der Waals surface area (Å²) in [6.07, 6.45) is 0. The fourth-order valence-corrected chi connectivity index (χ4v) is 5.33. The number of rotatable bonds is 10. The molecule has 0 saturated carbocycles. The predicted molar refractivity (Wildman–Crippen MR) is 210 cm³/mol. The second kappa shape index (κ2) is 19.3. The summed E-state index contributed by atoms with van der Waals surface area (Å²) >= 11 is 0. The summed E-state index contributed by atoms with van der Waals surface area (Å²) in [5.41, 5.74) is 6.64. The molecule has 0 atom stereocenters. The summed E-state index contributed by atoms with van der Waals surface area (Å²) in [5, 5.41) is 9.22. The Morgan fingerprint density at radius 1 is 0.582 bits per heavy atom. The Kier molecular flexibility index (Phi) is 15.5. The van der Waals surface area contributed by atoms with Gasteiger partial charge in [-0.15, -0.1) is 0 Å². The fraction of sp³-hybridized carbons (Fsp3) is 0.268. The molecule has 0 saturated heterocycles. The van der Waals surface area contributed by atoms with Crippen molar-refractivity contribution in [2.45, 2.75) is 39.8 Å². The summed E-state index contributed by atoms with van der Waals surface area (Å²) < 4.78 is 15.3. The summed E-state index contributed by atoms with van der Waals surface area (Å²) in [4.78, 5) is 46.3. The van der Waals surface area contributed by atoms with Gasteiger partial charge in [-0.1, -0.05) is 0 Å². The first-order chi connectivity index (χ1) is 25.3. The monoisotopic (exact) mass is 756 g/mol. The fourth-order valence-electron chi connectivity index (χ4n) is 5.33. The van der Waals surface area contributed by atoms with Crippen molar-refractivity contribution in [1.82, 2.24) is 19.9 Å². The third-order valence-electron chi connectivity index (χ3n) is 8.90. The Morgan fingerprint density at radius 2 is 0.964 bits per heavy atom. The van der Waals surface area contributed by atoms with Crippen LogP contribution in [0, 0.1) is 0 Å². The summed E-state index contributed by atoms with van der Waals surface area (Å²) in [6.45, 7) is 8.32. The van der Waals surface area contributed by atoms with E-state index in [9.17, 15) is 14.7 Å². The molecule has 6 rings (SSSR count). The van der Waals surface area contributed by atoms with Crippen LogP contribution < -0.4 is 48.8 Å². The Morgan fingerprint density at radius 3 is 1.31 bits per heavy atom. The van der Waals surface area contributed by atoms with Crippen molar-refractivity contribution in [3.8, 4) is 34.0 Å². The van der Waals surface area contributed by atoms with Crippen molar-refractivity contribution in [1.29, 1.82) is 0 Å². The van der Waals surface area contributed by atoms with E-state index in [-0.39, 0.29) is 52.7 Å². The van der Waals surface area contributed by atoms with Gasteiger partial charge in [0.2, 0.25) is 0 Å². The molecule has 0 aliphatic carbocycles. The number of esters is 1. The van der Waals surface area contributed by atoms with Gasteiger partial charge in [0.05, 0.1) is 54.5 Å². The number of anilines is 2. The van der Waals surface area contributed by atoms with Gasteiger partial charge in [-0.05, 0) is 113 Å². The number of carbonyl (C=O) groups excluding carboxylic acids is 1. The van der Waals surface area contributed by atoms with Crippen LogP contribution in [0.25, 0.3) is 44.6 Å². The molecule has 0 fully saturated rings. The smallest absolute Gasteiger partial charge is 0.870 e. The van der Waals surface area contributed by atoms with Gasteiger partial charge < -0.3 is 34.6 Å². The Bertz CT molecular complexity index is 2250. The molecule has 0 aliphatic heterocycles. The SMILES string of the molecule is COC(=O)c1ccc2nc(-c3ccc(OC)cc3)c(N(C)C(C)C)nc2c1.COc1ccc(-c2nc3ccc(C(=O)O)cc3nc2N(C)C(C)C)cc1.[Na+].[OH-]. The molecule has 2 heterocycles. The van der Waals surface area contributed by atoms with Crippen LogP contribution in [0.1, 0.15) is 48.4 Å². The molecule has 0 bridgehead atoms. The number of ether oxygens (including phenoxy) is 3. The van der Waals surface area contributed by atoms with Crippen LogP contribution in [0.5, 0.6) is 11.5 Å². The quantitative estimate of drug-likeness (QED) is 0.152. The van der Waals surface area contributed by atoms with Crippen LogP contribution in [0.4, 0.5) is 11.6 Å². The number of carboxylic acid groups (broad SMARTS) is 1. The third kappa shape index (κ3) is 10.1. The summed E-state index contributed by atoms with van der Waals surface area (Å²) in [6, 6.07) is 25.8. The molecule has 55 heavy (non-hydrogen) atoms. The minimum atomic E-state index is -0.980. The molecule has 13 nitrogen and oxygen atoms in total. The molecule has 6 aromatic rings. The predicted octanol–water partition coefficient (Wildman–Crippen LogP) is 4.61. The van der Waals surface area contributed by atoms with Gasteiger partial charge in [0.1, 0.15) is 22.9 Å². The van der Waals surface area contributed by atoms with Gasteiger partial charge in [0, 0.05) is 37.3 Å². The molecule has 0 aliphatic rings. The average Bonchev–Trinajstić information content (AvgIpc) is 3.18. The second-order valence-corrected chi connectivity index (χ2v) is 12.9. The first kappa shape index (κ1) is 44.1. The van der Waals surface area contributed by atoms with E-state index in [2.05, 4.69) is 32.6 Å². The zero-order chi connectivity index (χ0) is 38.4. The van der Waals surface area contributed by atoms with Gasteiger partial charge in [0.25, 0.3) is 0 Å². The number of aromatic nitrogens is 4. The first-order valence-corrected chi connectivity index (χ1v) is 17.0. The number of aromatic carboxylic acids is 1. The van der Waals surface area contributed by atoms with E-state index in [0.717, 1.165) is 45.3 Å². The maximum atomic E-state index is 11.8. The second-order valence-electron chi connectivity index (χ2n) is 12.9. The molecule has 0 spiro atoms. The van der Waals surface area contributed by atoms with Crippen molar-refractivity contribution in [2.75, 3.05) is 45.2 Å². The molecular weight excluding hydrogens is 711 g/mol. The van der Waals surface area contributed by atoms with E-state index in [0.29, 0.717) is 27.9 Å². The standard InChI is InChI=1S/C21H23N3O3.C20H21N3O3.Na.H2O/c1-13(2)24(3)20-19(14-6-9-16(26-4)10-7-14)22-17-11-8-15(21(25)27-5)12-18(17)23-20;1-12(2)23(3)19-18(13-5-8-15(26-4)9-6-13)21-16-10-7-14(20(24)25)11-17(16)22-19;;/h6-13H,1-5H3;5-12H,1-4H3,(H,24,25);;1H2/q;;+1;/p-1. The van der Waals surface area contributed by atoms with Gasteiger partial charge in [-0.25, -0.2) is 29.5 Å². The molecule has 14 heteroatoms. The Hall–Kier alpha value is -5.34. The maximum absolute atomic E-state index is 11.8. The van der Waals surface area contributed by atoms with E-state index in [1.165, 1.54) is 7.11 Å². The summed E-state index contributed by atoms with van der Waals surface area (Å²) in [5.74, 6) is 1.65. The van der Waals surface area contributed by atoms with Crippen molar-refractivity contribution in [3.63, 3.8) is 0 Å². The zero-order valence-electron chi connectivity index (χ0n) is 32.9. The number of methoxy groups -OCH3 is 3. The Labute approximate surface area is 342 Å².